The van der Waals surface area contributed by atoms with Crippen LogP contribution in [0.4, 0.5) is 0 Å². The first kappa shape index (κ1) is 15.7. The quantitative estimate of drug-likeness (QED) is 0.623. The Balaban J connectivity index is 2.39. The molecule has 0 saturated carbocycles. The van der Waals surface area contributed by atoms with E-state index < -0.39 is 0 Å². The summed E-state index contributed by atoms with van der Waals surface area (Å²) in [6.07, 6.45) is 1.92. The van der Waals surface area contributed by atoms with Crippen molar-refractivity contribution >= 4 is 10.9 Å². The van der Waals surface area contributed by atoms with E-state index in [2.05, 4.69) is 81.5 Å². The van der Waals surface area contributed by atoms with E-state index in [-0.39, 0.29) is 0 Å². The molecule has 2 heteroatoms. The van der Waals surface area contributed by atoms with Crippen LogP contribution < -0.4 is 4.57 Å². The van der Waals surface area contributed by atoms with Gasteiger partial charge < -0.3 is 0 Å². The molecule has 23 heavy (non-hydrogen) atoms. The number of benzene rings is 2. The molecule has 3 aromatic rings. The third-order valence-electron chi connectivity index (χ3n) is 4.74. The maximum atomic E-state index is 4.60. The van der Waals surface area contributed by atoms with E-state index in [0.29, 0.717) is 5.92 Å². The molecule has 0 unspecified atom stereocenters. The normalized spacial score (nSPS) is 11.4. The van der Waals surface area contributed by atoms with Crippen molar-refractivity contribution in [3.05, 3.63) is 58.9 Å². The molecule has 2 nitrogen and oxygen atoms in total. The zero-order valence-corrected chi connectivity index (χ0v) is 14.9. The van der Waals surface area contributed by atoms with Gasteiger partial charge in [-0.2, -0.15) is 0 Å². The molecular weight excluding hydrogens is 280 g/mol. The van der Waals surface area contributed by atoms with Gasteiger partial charge in [-0.1, -0.05) is 26.0 Å². The highest BCUT2D eigenvalue weighted by Gasteiger charge is 2.18. The van der Waals surface area contributed by atoms with Crippen LogP contribution in [0, 0.1) is 20.8 Å². The van der Waals surface area contributed by atoms with E-state index in [9.17, 15) is 0 Å². The highest BCUT2D eigenvalue weighted by atomic mass is 15.0. The largest absolute Gasteiger partial charge is 0.287 e. The molecule has 118 valence electrons. The predicted octanol–water partition coefficient (Wildman–Crippen LogP) is 4.77. The van der Waals surface area contributed by atoms with Gasteiger partial charge in [-0.25, -0.2) is 4.57 Å². The topological polar surface area (TPSA) is 16.8 Å². The highest BCUT2D eigenvalue weighted by Crippen LogP contribution is 2.32. The Morgan fingerprint density at radius 1 is 1.00 bits per heavy atom. The van der Waals surface area contributed by atoms with E-state index >= 15 is 0 Å². The molecule has 0 spiro atoms. The Labute approximate surface area is 138 Å². The average Bonchev–Trinajstić information content (AvgIpc) is 2.50. The minimum absolute atomic E-state index is 0.522. The maximum absolute atomic E-state index is 4.60. The number of hydrogen-bond acceptors (Lipinski definition) is 1. The second-order valence-corrected chi connectivity index (χ2v) is 6.89. The minimum atomic E-state index is 0.522. The molecule has 0 N–H and O–H groups in total. The molecule has 0 bridgehead atoms. The van der Waals surface area contributed by atoms with Crippen LogP contribution in [0.5, 0.6) is 0 Å². The first-order chi connectivity index (χ1) is 10.9. The molecule has 1 aromatic heterocycles. The molecule has 0 aliphatic heterocycles. The van der Waals surface area contributed by atoms with Crippen LogP contribution in [0.3, 0.4) is 0 Å². The third kappa shape index (κ3) is 2.74. The summed E-state index contributed by atoms with van der Waals surface area (Å²) in [5.74, 6) is 0.522. The summed E-state index contributed by atoms with van der Waals surface area (Å²) in [5, 5.41) is 1.21. The van der Waals surface area contributed by atoms with E-state index in [1.807, 2.05) is 6.33 Å². The van der Waals surface area contributed by atoms with Crippen molar-refractivity contribution < 1.29 is 4.57 Å². The van der Waals surface area contributed by atoms with Gasteiger partial charge in [-0.15, -0.1) is 0 Å². The molecule has 0 atom stereocenters. The van der Waals surface area contributed by atoms with Crippen molar-refractivity contribution in [3.63, 3.8) is 0 Å². The summed E-state index contributed by atoms with van der Waals surface area (Å²) in [4.78, 5) is 4.60. The lowest BCUT2D eigenvalue weighted by atomic mass is 9.91. The molecule has 1 heterocycles. The predicted molar refractivity (Wildman–Crippen MR) is 96.7 cm³/mol. The summed E-state index contributed by atoms with van der Waals surface area (Å²) >= 11 is 0. The van der Waals surface area contributed by atoms with Crippen LogP contribution in [0.25, 0.3) is 22.2 Å². The Morgan fingerprint density at radius 3 is 2.43 bits per heavy atom. The van der Waals surface area contributed by atoms with Crippen LogP contribution in [-0.4, -0.2) is 4.98 Å². The van der Waals surface area contributed by atoms with Gasteiger partial charge in [0.05, 0.1) is 12.4 Å². The van der Waals surface area contributed by atoms with Gasteiger partial charge in [0.25, 0.3) is 6.33 Å². The molecule has 0 aliphatic rings. The van der Waals surface area contributed by atoms with Crippen molar-refractivity contribution in [2.24, 2.45) is 7.05 Å². The van der Waals surface area contributed by atoms with Crippen LogP contribution >= 0.6 is 0 Å². The molecule has 3 rings (SSSR count). The van der Waals surface area contributed by atoms with Gasteiger partial charge in [0.2, 0.25) is 0 Å². The Hall–Kier alpha value is -2.22. The van der Waals surface area contributed by atoms with Gasteiger partial charge in [0, 0.05) is 5.56 Å². The molecule has 0 fully saturated rings. The van der Waals surface area contributed by atoms with Crippen molar-refractivity contribution in [2.75, 3.05) is 0 Å². The Morgan fingerprint density at radius 2 is 1.74 bits per heavy atom. The third-order valence-corrected chi connectivity index (χ3v) is 4.74. The van der Waals surface area contributed by atoms with Crippen molar-refractivity contribution in [1.29, 1.82) is 0 Å². The van der Waals surface area contributed by atoms with Crippen molar-refractivity contribution in [3.8, 4) is 11.3 Å². The minimum Gasteiger partial charge on any atom is -0.232 e. The second kappa shape index (κ2) is 5.77. The standard InChI is InChI=1S/C21H25N2/c1-13(2)17-10-15(4)16(5)19(11-17)21-18-8-7-14(3)9-20(18)22-12-23(21)6/h7-13H,1-6H3/q+1. The number of aromatic nitrogens is 2. The van der Waals surface area contributed by atoms with E-state index in [0.717, 1.165) is 5.52 Å². The van der Waals surface area contributed by atoms with E-state index in [1.54, 1.807) is 0 Å². The van der Waals surface area contributed by atoms with Gasteiger partial charge in [-0.3, -0.25) is 0 Å². The maximum Gasteiger partial charge on any atom is 0.287 e. The summed E-state index contributed by atoms with van der Waals surface area (Å²) in [6, 6.07) is 11.2. The first-order valence-corrected chi connectivity index (χ1v) is 8.25. The molecule has 0 aliphatic carbocycles. The zero-order chi connectivity index (χ0) is 16.7. The molecule has 0 radical (unpaired) electrons. The summed E-state index contributed by atoms with van der Waals surface area (Å²) in [7, 11) is 2.08. The van der Waals surface area contributed by atoms with Crippen LogP contribution in [0.1, 0.15) is 42.0 Å². The number of fused-ring (bicyclic) bond motifs is 1. The van der Waals surface area contributed by atoms with Crippen LogP contribution in [0.15, 0.2) is 36.7 Å². The number of aryl methyl sites for hydroxylation is 3. The van der Waals surface area contributed by atoms with Gasteiger partial charge >= 0.3 is 0 Å². The summed E-state index contributed by atoms with van der Waals surface area (Å²) in [5.41, 5.74) is 8.95. The molecule has 2 aromatic carbocycles. The van der Waals surface area contributed by atoms with E-state index in [4.69, 9.17) is 0 Å². The summed E-state index contributed by atoms with van der Waals surface area (Å²) < 4.78 is 2.14. The van der Waals surface area contributed by atoms with Crippen molar-refractivity contribution in [2.45, 2.75) is 40.5 Å². The SMILES string of the molecule is Cc1ccc2c(-c3cc(C(C)C)cc(C)c3C)[n+](C)cnc2c1. The number of hydrogen-bond donors (Lipinski definition) is 0. The van der Waals surface area contributed by atoms with Gasteiger partial charge in [0.15, 0.2) is 5.52 Å². The Bertz CT molecular complexity index is 892. The van der Waals surface area contributed by atoms with Crippen LogP contribution in [-0.2, 0) is 7.05 Å². The molecule has 0 saturated heterocycles. The van der Waals surface area contributed by atoms with E-state index in [1.165, 1.54) is 38.9 Å². The Kier molecular flexibility index (Phi) is 3.93. The second-order valence-electron chi connectivity index (χ2n) is 6.89. The molecular formula is C21H25N2+. The molecule has 0 amide bonds. The fourth-order valence-corrected chi connectivity index (χ4v) is 3.15. The van der Waals surface area contributed by atoms with Crippen molar-refractivity contribution in [1.82, 2.24) is 4.98 Å². The zero-order valence-electron chi connectivity index (χ0n) is 14.9. The monoisotopic (exact) mass is 305 g/mol. The lowest BCUT2D eigenvalue weighted by Crippen LogP contribution is -2.32. The average molecular weight is 305 g/mol. The van der Waals surface area contributed by atoms with Gasteiger partial charge in [-0.05, 0) is 72.1 Å². The highest BCUT2D eigenvalue weighted by molar-refractivity contribution is 5.91. The first-order valence-electron chi connectivity index (χ1n) is 8.25. The number of nitrogens with zero attached hydrogens (tertiary/aromatic N) is 2. The fraction of sp³-hybridized carbons (Fsp3) is 0.333. The lowest BCUT2D eigenvalue weighted by molar-refractivity contribution is -0.662. The number of rotatable bonds is 2. The smallest absolute Gasteiger partial charge is 0.232 e. The van der Waals surface area contributed by atoms with Crippen LogP contribution in [0.2, 0.25) is 0 Å². The fourth-order valence-electron chi connectivity index (χ4n) is 3.15. The summed E-state index contributed by atoms with van der Waals surface area (Å²) in [6.45, 7) is 11.0. The lowest BCUT2D eigenvalue weighted by Gasteiger charge is -2.15. The van der Waals surface area contributed by atoms with Gasteiger partial charge in [0.1, 0.15) is 5.69 Å².